The zero-order valence-electron chi connectivity index (χ0n) is 15.1. The molecule has 0 bridgehead atoms. The molecule has 146 valence electrons. The third kappa shape index (κ3) is 3.05. The zero-order chi connectivity index (χ0) is 19.3. The number of fused-ring (bicyclic) bond motifs is 1. The fourth-order valence-electron chi connectivity index (χ4n) is 3.64. The van der Waals surface area contributed by atoms with Crippen LogP contribution in [0.2, 0.25) is 0 Å². The van der Waals surface area contributed by atoms with E-state index < -0.39 is 11.6 Å². The molecule has 2 aliphatic rings. The minimum absolute atomic E-state index is 0.0150. The van der Waals surface area contributed by atoms with Crippen LogP contribution in [0, 0.1) is 11.6 Å². The Hall–Kier alpha value is -2.81. The second kappa shape index (κ2) is 6.66. The number of imidazole rings is 1. The van der Waals surface area contributed by atoms with Crippen LogP contribution >= 0.6 is 0 Å². The number of rotatable bonds is 4. The average Bonchev–Trinajstić information content (AvgIpc) is 3.45. The molecule has 1 saturated heterocycles. The minimum Gasteiger partial charge on any atom is -0.506 e. The van der Waals surface area contributed by atoms with Crippen LogP contribution in [0.3, 0.4) is 0 Å². The highest BCUT2D eigenvalue weighted by Gasteiger charge is 2.29. The van der Waals surface area contributed by atoms with Gasteiger partial charge in [0.15, 0.2) is 23.1 Å². The van der Waals surface area contributed by atoms with Crippen molar-refractivity contribution in [2.75, 3.05) is 18.4 Å². The number of hydrogen-bond donors (Lipinski definition) is 3. The van der Waals surface area contributed by atoms with Crippen LogP contribution in [-0.2, 0) is 0 Å². The van der Waals surface area contributed by atoms with Gasteiger partial charge in [-0.15, -0.1) is 0 Å². The zero-order valence-corrected chi connectivity index (χ0v) is 15.1. The highest BCUT2D eigenvalue weighted by atomic mass is 19.1. The first-order valence-electron chi connectivity index (χ1n) is 9.51. The smallest absolute Gasteiger partial charge is 0.168 e. The molecule has 5 rings (SSSR count). The van der Waals surface area contributed by atoms with E-state index in [2.05, 4.69) is 25.7 Å². The van der Waals surface area contributed by atoms with Crippen LogP contribution in [0.5, 0.6) is 5.75 Å². The predicted octanol–water partition coefficient (Wildman–Crippen LogP) is 2.82. The number of halogens is 2. The van der Waals surface area contributed by atoms with E-state index in [4.69, 9.17) is 0 Å². The number of aromatic hydroxyl groups is 1. The number of aromatic nitrogens is 4. The maximum Gasteiger partial charge on any atom is 0.168 e. The van der Waals surface area contributed by atoms with E-state index in [1.165, 1.54) is 16.8 Å². The van der Waals surface area contributed by atoms with E-state index in [9.17, 15) is 13.9 Å². The number of anilines is 1. The highest BCUT2D eigenvalue weighted by Crippen LogP contribution is 2.43. The van der Waals surface area contributed by atoms with Crippen molar-refractivity contribution < 1.29 is 13.9 Å². The van der Waals surface area contributed by atoms with Crippen LogP contribution in [0.15, 0.2) is 18.3 Å². The molecule has 0 aromatic carbocycles. The monoisotopic (exact) mass is 386 g/mol. The third-order valence-electron chi connectivity index (χ3n) is 5.27. The van der Waals surface area contributed by atoms with Gasteiger partial charge in [-0.05, 0) is 32.2 Å². The third-order valence-corrected chi connectivity index (χ3v) is 5.27. The van der Waals surface area contributed by atoms with Gasteiger partial charge in [0.25, 0.3) is 0 Å². The fraction of sp³-hybridized carbons (Fsp3) is 0.421. The van der Waals surface area contributed by atoms with E-state index in [-0.39, 0.29) is 29.2 Å². The van der Waals surface area contributed by atoms with Crippen molar-refractivity contribution in [2.45, 2.75) is 37.6 Å². The summed E-state index contributed by atoms with van der Waals surface area (Å²) in [4.78, 5) is 8.41. The average molecular weight is 386 g/mol. The number of nitrogens with zero attached hydrogens (tertiary/aromatic N) is 4. The maximum atomic E-state index is 14.6. The van der Waals surface area contributed by atoms with Crippen LogP contribution < -0.4 is 10.6 Å². The quantitative estimate of drug-likeness (QED) is 0.639. The summed E-state index contributed by atoms with van der Waals surface area (Å²) < 4.78 is 30.4. The standard InChI is InChI=1S/C19H20F2N6O/c20-12-6-13(21)19(24-11-2-1-5-22-8-11)25-18(12)14-9-23-16-7-15(28)17(10-3-4-10)26-27(14)16/h6-7,9-11,22,28H,1-5,8H2,(H,24,25). The Labute approximate surface area is 159 Å². The molecule has 2 fully saturated rings. The molecule has 1 atom stereocenters. The molecule has 1 aliphatic heterocycles. The largest absolute Gasteiger partial charge is 0.506 e. The molecule has 1 unspecified atom stereocenters. The van der Waals surface area contributed by atoms with Crippen molar-refractivity contribution in [1.29, 1.82) is 0 Å². The van der Waals surface area contributed by atoms with Crippen LogP contribution in [-0.4, -0.2) is 43.8 Å². The van der Waals surface area contributed by atoms with Gasteiger partial charge in [0.05, 0.1) is 6.20 Å². The van der Waals surface area contributed by atoms with Gasteiger partial charge in [0.1, 0.15) is 22.8 Å². The van der Waals surface area contributed by atoms with E-state index in [1.807, 2.05) is 0 Å². The molecular weight excluding hydrogens is 366 g/mol. The Balaban J connectivity index is 1.56. The first-order chi connectivity index (χ1) is 13.6. The maximum absolute atomic E-state index is 14.6. The van der Waals surface area contributed by atoms with Crippen molar-refractivity contribution in [3.63, 3.8) is 0 Å². The van der Waals surface area contributed by atoms with Crippen molar-refractivity contribution in [3.8, 4) is 17.1 Å². The normalized spacial score (nSPS) is 19.9. The van der Waals surface area contributed by atoms with Gasteiger partial charge in [0.2, 0.25) is 0 Å². The van der Waals surface area contributed by atoms with Crippen molar-refractivity contribution in [1.82, 2.24) is 24.9 Å². The highest BCUT2D eigenvalue weighted by molar-refractivity contribution is 5.63. The first kappa shape index (κ1) is 17.3. The fourth-order valence-corrected chi connectivity index (χ4v) is 3.64. The molecule has 4 heterocycles. The molecule has 3 aromatic rings. The summed E-state index contributed by atoms with van der Waals surface area (Å²) in [5.74, 6) is -1.20. The summed E-state index contributed by atoms with van der Waals surface area (Å²) in [6.45, 7) is 1.64. The van der Waals surface area contributed by atoms with Gasteiger partial charge in [-0.1, -0.05) is 0 Å². The number of pyridine rings is 1. The lowest BCUT2D eigenvalue weighted by Crippen LogP contribution is -2.38. The van der Waals surface area contributed by atoms with E-state index in [1.54, 1.807) is 0 Å². The van der Waals surface area contributed by atoms with E-state index >= 15 is 0 Å². The molecule has 3 aromatic heterocycles. The lowest BCUT2D eigenvalue weighted by Gasteiger charge is -2.24. The van der Waals surface area contributed by atoms with Crippen LogP contribution in [0.1, 0.15) is 37.3 Å². The van der Waals surface area contributed by atoms with Gasteiger partial charge >= 0.3 is 0 Å². The molecule has 3 N–H and O–H groups in total. The molecule has 9 heteroatoms. The molecule has 1 saturated carbocycles. The van der Waals surface area contributed by atoms with Crippen LogP contribution in [0.4, 0.5) is 14.6 Å². The SMILES string of the molecule is Oc1cc2ncc(-c3nc(NC4CCCNC4)c(F)cc3F)n2nc1C1CC1. The molecule has 0 spiro atoms. The molecule has 0 amide bonds. The van der Waals surface area contributed by atoms with Crippen molar-refractivity contribution in [2.24, 2.45) is 0 Å². The molecule has 1 aliphatic carbocycles. The number of hydrogen-bond acceptors (Lipinski definition) is 6. The Morgan fingerprint density at radius 2 is 2.04 bits per heavy atom. The molecule has 0 radical (unpaired) electrons. The number of nitrogens with one attached hydrogen (secondary N) is 2. The predicted molar refractivity (Wildman–Crippen MR) is 99.3 cm³/mol. The first-order valence-corrected chi connectivity index (χ1v) is 9.51. The lowest BCUT2D eigenvalue weighted by atomic mass is 10.1. The second-order valence-corrected chi connectivity index (χ2v) is 7.44. The van der Waals surface area contributed by atoms with Gasteiger partial charge in [-0.2, -0.15) is 5.10 Å². The Morgan fingerprint density at radius 3 is 2.79 bits per heavy atom. The Morgan fingerprint density at radius 1 is 1.18 bits per heavy atom. The van der Waals surface area contributed by atoms with Gasteiger partial charge in [-0.25, -0.2) is 23.3 Å². The summed E-state index contributed by atoms with van der Waals surface area (Å²) in [5.41, 5.74) is 1.24. The van der Waals surface area contributed by atoms with Gasteiger partial charge < -0.3 is 15.7 Å². The van der Waals surface area contributed by atoms with Crippen molar-refractivity contribution >= 4 is 11.5 Å². The summed E-state index contributed by atoms with van der Waals surface area (Å²) in [6.07, 6.45) is 5.24. The molecule has 7 nitrogen and oxygen atoms in total. The van der Waals surface area contributed by atoms with Crippen LogP contribution in [0.25, 0.3) is 17.0 Å². The summed E-state index contributed by atoms with van der Waals surface area (Å²) in [6, 6.07) is 2.38. The molecule has 28 heavy (non-hydrogen) atoms. The summed E-state index contributed by atoms with van der Waals surface area (Å²) in [7, 11) is 0. The Bertz CT molecular complexity index is 1040. The molecular formula is C19H20F2N6O. The summed E-state index contributed by atoms with van der Waals surface area (Å²) in [5, 5.41) is 20.9. The van der Waals surface area contributed by atoms with Gasteiger partial charge in [0, 0.05) is 30.6 Å². The number of piperidine rings is 1. The van der Waals surface area contributed by atoms with Crippen molar-refractivity contribution in [3.05, 3.63) is 35.7 Å². The second-order valence-electron chi connectivity index (χ2n) is 7.44. The minimum atomic E-state index is -0.783. The summed E-state index contributed by atoms with van der Waals surface area (Å²) >= 11 is 0. The van der Waals surface area contributed by atoms with E-state index in [0.29, 0.717) is 23.6 Å². The Kier molecular flexibility index (Phi) is 4.12. The lowest BCUT2D eigenvalue weighted by molar-refractivity contribution is 0.461. The topological polar surface area (TPSA) is 87.4 Å². The van der Waals surface area contributed by atoms with Gasteiger partial charge in [-0.3, -0.25) is 0 Å². The van der Waals surface area contributed by atoms with E-state index in [0.717, 1.165) is 38.3 Å².